The number of aromatic nitrogens is 1. The zero-order valence-electron chi connectivity index (χ0n) is 19.8. The summed E-state index contributed by atoms with van der Waals surface area (Å²) < 4.78 is 44.9. The minimum atomic E-state index is -4.73. The number of hydrogen-bond acceptors (Lipinski definition) is 5. The number of pyridine rings is 1. The highest BCUT2D eigenvalue weighted by Gasteiger charge is 2.33. The highest BCUT2D eigenvalue weighted by atomic mass is 35.5. The maximum Gasteiger partial charge on any atom is 0.433 e. The number of carboxylic acid groups (broad SMARTS) is 1. The lowest BCUT2D eigenvalue weighted by atomic mass is 9.99. The van der Waals surface area contributed by atoms with Crippen molar-refractivity contribution in [2.24, 2.45) is 0 Å². The predicted molar refractivity (Wildman–Crippen MR) is 131 cm³/mol. The van der Waals surface area contributed by atoms with E-state index in [1.807, 2.05) is 0 Å². The number of para-hydroxylation sites is 1. The lowest BCUT2D eigenvalue weighted by Gasteiger charge is -2.23. The number of carboxylic acids is 1. The summed E-state index contributed by atoms with van der Waals surface area (Å²) in [5.74, 6) is -1.03. The molecule has 192 valence electrons. The number of benzene rings is 2. The average molecular weight is 532 g/mol. The molecule has 0 fully saturated rings. The van der Waals surface area contributed by atoms with E-state index in [1.54, 1.807) is 31.2 Å². The molecule has 0 spiro atoms. The fourth-order valence-corrected chi connectivity index (χ4v) is 3.88. The largest absolute Gasteiger partial charge is 0.491 e. The van der Waals surface area contributed by atoms with Crippen molar-refractivity contribution in [3.05, 3.63) is 76.1 Å². The minimum absolute atomic E-state index is 0.0520. The van der Waals surface area contributed by atoms with Crippen LogP contribution in [0.4, 0.5) is 18.9 Å². The topological polar surface area (TPSA) is 104 Å². The van der Waals surface area contributed by atoms with Gasteiger partial charge in [-0.05, 0) is 49.2 Å². The SMILES string of the molecule is Cc1cccc(OCCCC(=O)O)c1N(C)C(=O)c1ccc(Cl)c(-c2cnc(C(F)(F)F)cc2C#N)c1. The molecule has 0 aliphatic carbocycles. The molecule has 0 atom stereocenters. The van der Waals surface area contributed by atoms with Crippen molar-refractivity contribution in [2.45, 2.75) is 25.9 Å². The molecule has 0 radical (unpaired) electrons. The van der Waals surface area contributed by atoms with Crippen LogP contribution in [0.5, 0.6) is 5.75 Å². The number of carbonyl (C=O) groups is 2. The Morgan fingerprint density at radius 3 is 2.57 bits per heavy atom. The number of aliphatic carboxylic acids is 1. The van der Waals surface area contributed by atoms with E-state index in [4.69, 9.17) is 21.4 Å². The number of carbonyl (C=O) groups excluding carboxylic acids is 1. The molecule has 0 unspecified atom stereocenters. The molecule has 2 aromatic carbocycles. The van der Waals surface area contributed by atoms with Crippen molar-refractivity contribution in [1.29, 1.82) is 5.26 Å². The fourth-order valence-electron chi connectivity index (χ4n) is 3.66. The smallest absolute Gasteiger partial charge is 0.433 e. The number of anilines is 1. The summed E-state index contributed by atoms with van der Waals surface area (Å²) in [6.07, 6.45) is -3.60. The van der Waals surface area contributed by atoms with Crippen LogP contribution in [0.15, 0.2) is 48.7 Å². The number of nitrogens with zero attached hydrogens (tertiary/aromatic N) is 3. The fraction of sp³-hybridized carbons (Fsp3) is 0.231. The molecule has 1 amide bonds. The van der Waals surface area contributed by atoms with Gasteiger partial charge in [0.1, 0.15) is 11.4 Å². The molecule has 3 rings (SSSR count). The third kappa shape index (κ3) is 6.37. The Labute approximate surface area is 215 Å². The van der Waals surface area contributed by atoms with Crippen molar-refractivity contribution in [2.75, 3.05) is 18.6 Å². The summed E-state index contributed by atoms with van der Waals surface area (Å²) in [6.45, 7) is 1.91. The lowest BCUT2D eigenvalue weighted by Crippen LogP contribution is -2.27. The molecule has 0 aliphatic heterocycles. The summed E-state index contributed by atoms with van der Waals surface area (Å²) in [7, 11) is 1.53. The molecule has 3 aromatic rings. The Bertz CT molecular complexity index is 1390. The van der Waals surface area contributed by atoms with Gasteiger partial charge in [-0.15, -0.1) is 0 Å². The summed E-state index contributed by atoms with van der Waals surface area (Å²) in [5.41, 5.74) is 0.0627. The zero-order valence-corrected chi connectivity index (χ0v) is 20.5. The molecule has 11 heteroatoms. The van der Waals surface area contributed by atoms with Crippen LogP contribution in [0, 0.1) is 18.3 Å². The number of hydrogen-bond donors (Lipinski definition) is 1. The minimum Gasteiger partial charge on any atom is -0.491 e. The van der Waals surface area contributed by atoms with Crippen molar-refractivity contribution in [3.63, 3.8) is 0 Å². The summed E-state index contributed by atoms with van der Waals surface area (Å²) >= 11 is 6.29. The monoisotopic (exact) mass is 531 g/mol. The van der Waals surface area contributed by atoms with Crippen LogP contribution in [-0.4, -0.2) is 35.6 Å². The molecule has 37 heavy (non-hydrogen) atoms. The lowest BCUT2D eigenvalue weighted by molar-refractivity contribution is -0.141. The first-order valence-corrected chi connectivity index (χ1v) is 11.3. The van der Waals surface area contributed by atoms with Gasteiger partial charge >= 0.3 is 12.1 Å². The molecule has 1 aromatic heterocycles. The van der Waals surface area contributed by atoms with Gasteiger partial charge in [0.25, 0.3) is 5.91 Å². The van der Waals surface area contributed by atoms with Crippen molar-refractivity contribution in [1.82, 2.24) is 4.98 Å². The molecule has 0 bridgehead atoms. The first-order chi connectivity index (χ1) is 17.4. The zero-order chi connectivity index (χ0) is 27.3. The van der Waals surface area contributed by atoms with Gasteiger partial charge in [-0.2, -0.15) is 18.4 Å². The van der Waals surface area contributed by atoms with Gasteiger partial charge in [0.15, 0.2) is 0 Å². The van der Waals surface area contributed by atoms with Crippen LogP contribution in [0.3, 0.4) is 0 Å². The van der Waals surface area contributed by atoms with E-state index in [9.17, 15) is 28.0 Å². The van der Waals surface area contributed by atoms with Gasteiger partial charge in [-0.25, -0.2) is 0 Å². The van der Waals surface area contributed by atoms with Crippen molar-refractivity contribution >= 4 is 29.2 Å². The van der Waals surface area contributed by atoms with Crippen molar-refractivity contribution in [3.8, 4) is 22.9 Å². The second kappa shape index (κ2) is 11.3. The van der Waals surface area contributed by atoms with E-state index < -0.39 is 23.7 Å². The quantitative estimate of drug-likeness (QED) is 0.351. The van der Waals surface area contributed by atoms with E-state index in [-0.39, 0.29) is 46.7 Å². The van der Waals surface area contributed by atoms with Gasteiger partial charge in [-0.1, -0.05) is 23.7 Å². The van der Waals surface area contributed by atoms with Gasteiger partial charge in [0, 0.05) is 41.4 Å². The Balaban J connectivity index is 1.96. The number of halogens is 4. The normalized spacial score (nSPS) is 11.1. The van der Waals surface area contributed by atoms with Crippen LogP contribution < -0.4 is 9.64 Å². The first kappa shape index (κ1) is 27.5. The number of alkyl halides is 3. The summed E-state index contributed by atoms with van der Waals surface area (Å²) in [6, 6.07) is 11.8. The molecule has 1 heterocycles. The number of amides is 1. The summed E-state index contributed by atoms with van der Waals surface area (Å²) in [5, 5.41) is 18.4. The number of ether oxygens (including phenoxy) is 1. The van der Waals surface area contributed by atoms with Gasteiger partial charge < -0.3 is 14.7 Å². The number of aryl methyl sites for hydroxylation is 1. The molecular formula is C26H21ClF3N3O4. The van der Waals surface area contributed by atoms with Gasteiger partial charge in [-0.3, -0.25) is 14.6 Å². The van der Waals surface area contributed by atoms with Gasteiger partial charge in [0.2, 0.25) is 0 Å². The van der Waals surface area contributed by atoms with Crippen LogP contribution in [0.1, 0.15) is 40.0 Å². The Morgan fingerprint density at radius 1 is 1.19 bits per heavy atom. The third-order valence-electron chi connectivity index (χ3n) is 5.45. The Hall–Kier alpha value is -4.10. The van der Waals surface area contributed by atoms with E-state index in [1.165, 1.54) is 30.1 Å². The number of rotatable bonds is 8. The van der Waals surface area contributed by atoms with Crippen LogP contribution in [0.25, 0.3) is 11.1 Å². The molecule has 7 nitrogen and oxygen atoms in total. The van der Waals surface area contributed by atoms with E-state index in [0.29, 0.717) is 17.5 Å². The maximum atomic E-state index is 13.4. The standard InChI is InChI=1S/C26H21ClF3N3O4/c1-15-5-3-6-21(37-10-4-7-23(34)35)24(15)33(2)25(36)16-8-9-20(27)18(11-16)19-14-32-22(26(28,29)30)12-17(19)13-31/h3,5-6,8-9,11-12,14H,4,7,10H2,1-2H3,(H,34,35). The number of nitriles is 1. The molecule has 0 saturated heterocycles. The maximum absolute atomic E-state index is 13.4. The Kier molecular flexibility index (Phi) is 8.40. The Morgan fingerprint density at radius 2 is 1.92 bits per heavy atom. The molecular weight excluding hydrogens is 511 g/mol. The van der Waals surface area contributed by atoms with Gasteiger partial charge in [0.05, 0.1) is 23.9 Å². The van der Waals surface area contributed by atoms with E-state index >= 15 is 0 Å². The first-order valence-electron chi connectivity index (χ1n) is 10.9. The highest BCUT2D eigenvalue weighted by Crippen LogP contribution is 2.36. The van der Waals surface area contributed by atoms with Crippen molar-refractivity contribution < 1.29 is 32.6 Å². The third-order valence-corrected chi connectivity index (χ3v) is 5.78. The second-order valence-corrected chi connectivity index (χ2v) is 8.46. The second-order valence-electron chi connectivity index (χ2n) is 8.05. The molecule has 0 saturated carbocycles. The van der Waals surface area contributed by atoms with E-state index in [0.717, 1.165) is 11.8 Å². The van der Waals surface area contributed by atoms with Crippen LogP contribution in [-0.2, 0) is 11.0 Å². The molecule has 0 aliphatic rings. The van der Waals surface area contributed by atoms with Crippen LogP contribution in [0.2, 0.25) is 5.02 Å². The predicted octanol–water partition coefficient (Wildman–Crippen LogP) is 6.12. The molecule has 1 N–H and O–H groups in total. The average Bonchev–Trinajstić information content (AvgIpc) is 2.85. The highest BCUT2D eigenvalue weighted by molar-refractivity contribution is 6.33. The van der Waals surface area contributed by atoms with Crippen LogP contribution >= 0.6 is 11.6 Å². The van der Waals surface area contributed by atoms with E-state index in [2.05, 4.69) is 4.98 Å². The summed E-state index contributed by atoms with van der Waals surface area (Å²) in [4.78, 5) is 28.9.